The van der Waals surface area contributed by atoms with Crippen LogP contribution in [0.4, 0.5) is 5.69 Å². The van der Waals surface area contributed by atoms with Gasteiger partial charge in [-0.25, -0.2) is 0 Å². The van der Waals surface area contributed by atoms with Gasteiger partial charge in [0.2, 0.25) is 11.5 Å². The number of aryl methyl sites for hydroxylation is 1. The zero-order valence-electron chi connectivity index (χ0n) is 14.1. The van der Waals surface area contributed by atoms with E-state index in [4.69, 9.17) is 0 Å². The Morgan fingerprint density at radius 2 is 1.68 bits per heavy atom. The van der Waals surface area contributed by atoms with Crippen molar-refractivity contribution >= 4 is 35.1 Å². The summed E-state index contributed by atoms with van der Waals surface area (Å²) in [6.45, 7) is 4.95. The van der Waals surface area contributed by atoms with E-state index in [1.807, 2.05) is 35.9 Å². The molecule has 0 fully saturated rings. The van der Waals surface area contributed by atoms with Crippen LogP contribution in [0, 0.1) is 0 Å². The quantitative estimate of drug-likeness (QED) is 0.544. The summed E-state index contributed by atoms with van der Waals surface area (Å²) >= 11 is 0. The molecule has 0 N–H and O–H groups in total. The molecule has 126 valence electrons. The number of aliphatic imine (C=N–C) groups is 1. The van der Waals surface area contributed by atoms with Crippen LogP contribution < -0.4 is 5.62 Å². The summed E-state index contributed by atoms with van der Waals surface area (Å²) in [7, 11) is 1.83. The molecule has 0 spiro atoms. The number of carbonyl (C=O) groups excluding carboxylic acids is 2. The minimum Gasteiger partial charge on any atom is -0.313 e. The Hall–Kier alpha value is -3.28. The molecule has 0 bridgehead atoms. The molecule has 1 amide bonds. The maximum Gasteiger partial charge on any atom is 0.245 e. The number of imidazole rings is 1. The van der Waals surface area contributed by atoms with Gasteiger partial charge in [-0.3, -0.25) is 14.6 Å². The Labute approximate surface area is 144 Å². The number of ketones is 1. The van der Waals surface area contributed by atoms with E-state index in [-0.39, 0.29) is 18.2 Å². The normalized spacial score (nSPS) is 11.7. The highest BCUT2D eigenvalue weighted by molar-refractivity contribution is 5.97. The zero-order chi connectivity index (χ0) is 18.0. The van der Waals surface area contributed by atoms with Crippen LogP contribution in [0.25, 0.3) is 11.0 Å². The highest BCUT2D eigenvalue weighted by Gasteiger charge is 2.14. The number of fused-ring (bicyclic) bond motifs is 1. The zero-order valence-corrected chi connectivity index (χ0v) is 14.1. The van der Waals surface area contributed by atoms with E-state index in [1.165, 1.54) is 6.92 Å². The summed E-state index contributed by atoms with van der Waals surface area (Å²) in [6.07, 6.45) is 0. The van der Waals surface area contributed by atoms with E-state index in [0.717, 1.165) is 11.0 Å². The number of carbonyl (C=O) groups is 2. The predicted octanol–water partition coefficient (Wildman–Crippen LogP) is 2.64. The molecule has 25 heavy (non-hydrogen) atoms. The Kier molecular flexibility index (Phi) is 4.43. The van der Waals surface area contributed by atoms with Gasteiger partial charge in [0.15, 0.2) is 5.78 Å². The fourth-order valence-corrected chi connectivity index (χ4v) is 2.79. The van der Waals surface area contributed by atoms with Crippen molar-refractivity contribution in [2.75, 3.05) is 0 Å². The van der Waals surface area contributed by atoms with Gasteiger partial charge in [0.05, 0.1) is 23.3 Å². The molecule has 6 nitrogen and oxygen atoms in total. The van der Waals surface area contributed by atoms with Crippen LogP contribution in [0.5, 0.6) is 0 Å². The van der Waals surface area contributed by atoms with Crippen molar-refractivity contribution < 1.29 is 9.59 Å². The molecular weight excluding hydrogens is 316 g/mol. The van der Waals surface area contributed by atoms with Gasteiger partial charge in [0, 0.05) is 19.5 Å². The lowest BCUT2D eigenvalue weighted by Crippen LogP contribution is -2.28. The van der Waals surface area contributed by atoms with Crippen molar-refractivity contribution in [2.24, 2.45) is 17.0 Å². The average molecular weight is 334 g/mol. The molecule has 0 aliphatic carbocycles. The van der Waals surface area contributed by atoms with E-state index in [9.17, 15) is 9.59 Å². The molecule has 1 heterocycles. The third-order valence-corrected chi connectivity index (χ3v) is 4.01. The molecule has 0 saturated carbocycles. The fraction of sp³-hybridized carbons (Fsp3) is 0.158. The molecule has 3 rings (SSSR count). The van der Waals surface area contributed by atoms with Crippen LogP contribution in [-0.4, -0.2) is 27.5 Å². The smallest absolute Gasteiger partial charge is 0.245 e. The number of para-hydroxylation sites is 2. The number of rotatable bonds is 4. The lowest BCUT2D eigenvalue weighted by atomic mass is 10.1. The maximum absolute atomic E-state index is 12.7. The second-order valence-corrected chi connectivity index (χ2v) is 5.69. The van der Waals surface area contributed by atoms with Crippen LogP contribution in [0.2, 0.25) is 0 Å². The number of amides is 1. The molecule has 6 heteroatoms. The summed E-state index contributed by atoms with van der Waals surface area (Å²) in [6, 6.07) is 14.6. The Morgan fingerprint density at radius 3 is 2.28 bits per heavy atom. The van der Waals surface area contributed by atoms with Crippen molar-refractivity contribution in [3.05, 3.63) is 59.7 Å². The van der Waals surface area contributed by atoms with Crippen LogP contribution in [0.15, 0.2) is 58.5 Å². The minimum atomic E-state index is -0.312. The van der Waals surface area contributed by atoms with Crippen LogP contribution in [0.3, 0.4) is 0 Å². The third-order valence-electron chi connectivity index (χ3n) is 4.01. The third kappa shape index (κ3) is 3.19. The van der Waals surface area contributed by atoms with E-state index in [2.05, 4.69) is 16.7 Å². The fourth-order valence-electron chi connectivity index (χ4n) is 2.79. The number of hydrogen-bond acceptors (Lipinski definition) is 3. The number of hydrogen-bond donors (Lipinski definition) is 0. The first-order valence-corrected chi connectivity index (χ1v) is 7.81. The SMILES string of the molecule is C=Nc1ccc(C(=O)Cn2c(=NC(C)=O)n(C)c3ccccc32)cc1. The molecule has 0 radical (unpaired) electrons. The summed E-state index contributed by atoms with van der Waals surface area (Å²) in [5, 5.41) is 0. The molecule has 0 unspecified atom stereocenters. The molecule has 0 aliphatic rings. The monoisotopic (exact) mass is 334 g/mol. The van der Waals surface area contributed by atoms with Crippen molar-refractivity contribution in [2.45, 2.75) is 13.5 Å². The second kappa shape index (κ2) is 6.68. The summed E-state index contributed by atoms with van der Waals surface area (Å²) < 4.78 is 3.58. The summed E-state index contributed by atoms with van der Waals surface area (Å²) in [4.78, 5) is 32.1. The highest BCUT2D eigenvalue weighted by atomic mass is 16.1. The average Bonchev–Trinajstić information content (AvgIpc) is 2.87. The Balaban J connectivity index is 2.09. The van der Waals surface area contributed by atoms with Gasteiger partial charge in [-0.1, -0.05) is 12.1 Å². The van der Waals surface area contributed by atoms with Gasteiger partial charge in [-0.15, -0.1) is 0 Å². The number of aromatic nitrogens is 2. The number of Topliss-reactive ketones (excluding diaryl/α,β-unsaturated/α-hetero) is 1. The first-order chi connectivity index (χ1) is 12.0. The minimum absolute atomic E-state index is 0.0723. The first-order valence-electron chi connectivity index (χ1n) is 7.81. The standard InChI is InChI=1S/C19H18N4O2/c1-13(24)21-19-22(3)16-6-4-5-7-17(16)23(19)12-18(25)14-8-10-15(20-2)11-9-14/h4-11H,2,12H2,1,3H3. The first kappa shape index (κ1) is 16.6. The Morgan fingerprint density at radius 1 is 1.04 bits per heavy atom. The number of nitrogens with zero attached hydrogens (tertiary/aromatic N) is 4. The molecule has 0 atom stereocenters. The van der Waals surface area contributed by atoms with Gasteiger partial charge in [0.1, 0.15) is 0 Å². The van der Waals surface area contributed by atoms with Gasteiger partial charge in [-0.05, 0) is 43.1 Å². The molecule has 2 aromatic carbocycles. The molecule has 1 aromatic heterocycles. The van der Waals surface area contributed by atoms with E-state index in [0.29, 0.717) is 16.9 Å². The highest BCUT2D eigenvalue weighted by Crippen LogP contribution is 2.15. The lowest BCUT2D eigenvalue weighted by molar-refractivity contribution is -0.116. The lowest BCUT2D eigenvalue weighted by Gasteiger charge is -2.05. The van der Waals surface area contributed by atoms with Gasteiger partial charge >= 0.3 is 0 Å². The molecule has 3 aromatic rings. The van der Waals surface area contributed by atoms with Crippen molar-refractivity contribution in [1.29, 1.82) is 0 Å². The van der Waals surface area contributed by atoms with E-state index in [1.54, 1.807) is 28.8 Å². The summed E-state index contributed by atoms with van der Waals surface area (Å²) in [5.41, 5.74) is 3.49. The van der Waals surface area contributed by atoms with Gasteiger partial charge in [-0.2, -0.15) is 4.99 Å². The van der Waals surface area contributed by atoms with Gasteiger partial charge < -0.3 is 9.13 Å². The van der Waals surface area contributed by atoms with Crippen molar-refractivity contribution in [3.8, 4) is 0 Å². The van der Waals surface area contributed by atoms with E-state index >= 15 is 0 Å². The topological polar surface area (TPSA) is 68.7 Å². The second-order valence-electron chi connectivity index (χ2n) is 5.69. The van der Waals surface area contributed by atoms with Crippen molar-refractivity contribution in [1.82, 2.24) is 9.13 Å². The van der Waals surface area contributed by atoms with Crippen molar-refractivity contribution in [3.63, 3.8) is 0 Å². The van der Waals surface area contributed by atoms with Gasteiger partial charge in [0.25, 0.3) is 0 Å². The van der Waals surface area contributed by atoms with Crippen LogP contribution in [-0.2, 0) is 18.4 Å². The number of benzene rings is 2. The summed E-state index contributed by atoms with van der Waals surface area (Å²) in [5.74, 6) is -0.384. The van der Waals surface area contributed by atoms with E-state index < -0.39 is 0 Å². The van der Waals surface area contributed by atoms with Crippen LogP contribution in [0.1, 0.15) is 17.3 Å². The Bertz CT molecular complexity index is 1040. The molecule has 0 aliphatic heterocycles. The largest absolute Gasteiger partial charge is 0.313 e. The predicted molar refractivity (Wildman–Crippen MR) is 97.1 cm³/mol. The van der Waals surface area contributed by atoms with Crippen LogP contribution >= 0.6 is 0 Å². The molecular formula is C19H18N4O2. The maximum atomic E-state index is 12.7. The molecule has 0 saturated heterocycles.